The second kappa shape index (κ2) is 11.8. The molecule has 1 amide bonds. The summed E-state index contributed by atoms with van der Waals surface area (Å²) in [5.41, 5.74) is 3.38. The van der Waals surface area contributed by atoms with Crippen LogP contribution in [0.15, 0.2) is 78.4 Å². The van der Waals surface area contributed by atoms with Crippen molar-refractivity contribution in [2.75, 3.05) is 13.2 Å². The summed E-state index contributed by atoms with van der Waals surface area (Å²) in [5, 5.41) is 11.5. The minimum Gasteiger partial charge on any atom is -0.507 e. The van der Waals surface area contributed by atoms with E-state index in [0.717, 1.165) is 48.1 Å². The number of carbonyl (C=O) groups excluding carboxylic acids is 2. The number of amides is 1. The summed E-state index contributed by atoms with van der Waals surface area (Å²) in [4.78, 5) is 28.4. The summed E-state index contributed by atoms with van der Waals surface area (Å²) < 4.78 is 11.8. The normalized spacial score (nSPS) is 19.7. The molecule has 2 unspecified atom stereocenters. The quantitative estimate of drug-likeness (QED) is 0.147. The number of fused-ring (bicyclic) bond motifs is 1. The third-order valence-corrected chi connectivity index (χ3v) is 7.38. The van der Waals surface area contributed by atoms with Gasteiger partial charge in [0, 0.05) is 18.5 Å². The van der Waals surface area contributed by atoms with Crippen LogP contribution in [0.2, 0.25) is 0 Å². The first-order chi connectivity index (χ1) is 19.0. The number of benzene rings is 3. The van der Waals surface area contributed by atoms with Gasteiger partial charge < -0.3 is 19.5 Å². The molecule has 2 aliphatic rings. The van der Waals surface area contributed by atoms with Crippen LogP contribution in [0.25, 0.3) is 5.76 Å². The molecular weight excluding hydrogens is 490 g/mol. The monoisotopic (exact) mass is 525 g/mol. The first kappa shape index (κ1) is 26.5. The van der Waals surface area contributed by atoms with Gasteiger partial charge in [0.2, 0.25) is 0 Å². The fourth-order valence-corrected chi connectivity index (χ4v) is 5.39. The Morgan fingerprint density at radius 1 is 1.03 bits per heavy atom. The lowest BCUT2D eigenvalue weighted by Gasteiger charge is -2.26. The van der Waals surface area contributed by atoms with E-state index in [1.165, 1.54) is 0 Å². The molecule has 0 spiro atoms. The van der Waals surface area contributed by atoms with Crippen LogP contribution in [-0.4, -0.2) is 41.0 Å². The zero-order chi connectivity index (χ0) is 27.4. The molecule has 0 aliphatic carbocycles. The molecule has 6 heteroatoms. The second-order valence-electron chi connectivity index (χ2n) is 10.3. The molecule has 3 aromatic rings. The van der Waals surface area contributed by atoms with Crippen LogP contribution in [-0.2, 0) is 22.4 Å². The number of hydrogen-bond donors (Lipinski definition) is 1. The van der Waals surface area contributed by atoms with E-state index in [9.17, 15) is 14.7 Å². The van der Waals surface area contributed by atoms with Crippen molar-refractivity contribution in [2.24, 2.45) is 0 Å². The van der Waals surface area contributed by atoms with Gasteiger partial charge in [-0.05, 0) is 66.8 Å². The number of likely N-dealkylation sites (tertiary alicyclic amines) is 1. The van der Waals surface area contributed by atoms with Crippen molar-refractivity contribution in [2.45, 2.75) is 58.1 Å². The van der Waals surface area contributed by atoms with Gasteiger partial charge in [-0.2, -0.15) is 0 Å². The molecule has 0 aromatic heterocycles. The Balaban J connectivity index is 1.52. The first-order valence-corrected chi connectivity index (χ1v) is 13.8. The van der Waals surface area contributed by atoms with E-state index in [1.54, 1.807) is 11.0 Å². The predicted octanol–water partition coefficient (Wildman–Crippen LogP) is 6.24. The van der Waals surface area contributed by atoms with Gasteiger partial charge in [0.25, 0.3) is 11.7 Å². The van der Waals surface area contributed by atoms with Crippen molar-refractivity contribution in [3.05, 3.63) is 101 Å². The van der Waals surface area contributed by atoms with Crippen molar-refractivity contribution >= 4 is 17.4 Å². The van der Waals surface area contributed by atoms with Crippen molar-refractivity contribution in [1.29, 1.82) is 0 Å². The molecule has 1 N–H and O–H groups in total. The van der Waals surface area contributed by atoms with Crippen LogP contribution in [0.3, 0.4) is 0 Å². The smallest absolute Gasteiger partial charge is 0.295 e. The molecule has 0 radical (unpaired) electrons. The molecule has 5 rings (SSSR count). The van der Waals surface area contributed by atoms with Crippen LogP contribution < -0.4 is 9.47 Å². The summed E-state index contributed by atoms with van der Waals surface area (Å²) in [6, 6.07) is 22.1. The van der Waals surface area contributed by atoms with E-state index in [1.807, 2.05) is 73.7 Å². The molecule has 2 aliphatic heterocycles. The zero-order valence-corrected chi connectivity index (χ0v) is 22.6. The topological polar surface area (TPSA) is 76.1 Å². The third kappa shape index (κ3) is 5.70. The number of carbonyl (C=O) groups is 2. The highest BCUT2D eigenvalue weighted by atomic mass is 16.5. The maximum absolute atomic E-state index is 13.5. The minimum absolute atomic E-state index is 0.0565. The Hall–Kier alpha value is -4.06. The van der Waals surface area contributed by atoms with E-state index in [-0.39, 0.29) is 17.4 Å². The van der Waals surface area contributed by atoms with Crippen molar-refractivity contribution < 1.29 is 24.2 Å². The lowest BCUT2D eigenvalue weighted by atomic mass is 9.94. The average molecular weight is 526 g/mol. The second-order valence-corrected chi connectivity index (χ2v) is 10.3. The average Bonchev–Trinajstić information content (AvgIpc) is 3.45. The fourth-order valence-electron chi connectivity index (χ4n) is 5.39. The minimum atomic E-state index is -0.726. The summed E-state index contributed by atoms with van der Waals surface area (Å²) >= 11 is 0. The molecule has 2 heterocycles. The number of unbranched alkanes of at least 4 members (excludes halogenated alkanes) is 2. The molecule has 6 nitrogen and oxygen atoms in total. The highest BCUT2D eigenvalue weighted by Gasteiger charge is 2.46. The number of aliphatic hydroxyl groups is 1. The maximum Gasteiger partial charge on any atom is 0.295 e. The lowest BCUT2D eigenvalue weighted by molar-refractivity contribution is -0.139. The molecule has 1 saturated heterocycles. The Labute approximate surface area is 229 Å². The summed E-state index contributed by atoms with van der Waals surface area (Å²) in [6.07, 6.45) is 4.52. The van der Waals surface area contributed by atoms with Gasteiger partial charge in [-0.1, -0.05) is 62.2 Å². The number of ether oxygens (including phenoxy) is 2. The van der Waals surface area contributed by atoms with Crippen LogP contribution in [0.1, 0.15) is 61.4 Å². The van der Waals surface area contributed by atoms with Gasteiger partial charge in [0.15, 0.2) is 0 Å². The molecule has 2 atom stereocenters. The highest BCUT2D eigenvalue weighted by molar-refractivity contribution is 6.46. The van der Waals surface area contributed by atoms with Crippen LogP contribution in [0.5, 0.6) is 11.5 Å². The SMILES string of the molecule is CCCCCOc1cccc(C2C(=C(O)c3ccc4c(c3)CC(C)O4)C(=O)C(=O)N2CCc2ccccc2)c1. The van der Waals surface area contributed by atoms with Gasteiger partial charge >= 0.3 is 0 Å². The van der Waals surface area contributed by atoms with Gasteiger partial charge in [-0.3, -0.25) is 9.59 Å². The van der Waals surface area contributed by atoms with Crippen molar-refractivity contribution in [3.8, 4) is 11.5 Å². The van der Waals surface area contributed by atoms with E-state index >= 15 is 0 Å². The third-order valence-electron chi connectivity index (χ3n) is 7.38. The lowest BCUT2D eigenvalue weighted by Crippen LogP contribution is -2.31. The van der Waals surface area contributed by atoms with Crippen molar-refractivity contribution in [1.82, 2.24) is 4.90 Å². The van der Waals surface area contributed by atoms with Crippen LogP contribution in [0, 0.1) is 0 Å². The van der Waals surface area contributed by atoms with E-state index < -0.39 is 17.7 Å². The number of Topliss-reactive ketones (excluding diaryl/α,β-unsaturated/α-hetero) is 1. The van der Waals surface area contributed by atoms with Gasteiger partial charge in [0.05, 0.1) is 18.2 Å². The molecule has 0 bridgehead atoms. The van der Waals surface area contributed by atoms with E-state index in [4.69, 9.17) is 9.47 Å². The number of nitrogens with zero attached hydrogens (tertiary/aromatic N) is 1. The molecule has 3 aromatic carbocycles. The maximum atomic E-state index is 13.5. The number of rotatable bonds is 10. The van der Waals surface area contributed by atoms with E-state index in [0.29, 0.717) is 30.9 Å². The fraction of sp³-hybridized carbons (Fsp3) is 0.333. The highest BCUT2D eigenvalue weighted by Crippen LogP contribution is 2.41. The first-order valence-electron chi connectivity index (χ1n) is 13.8. The van der Waals surface area contributed by atoms with Gasteiger partial charge in [-0.15, -0.1) is 0 Å². The Bertz CT molecular complexity index is 1380. The molecule has 202 valence electrons. The number of hydrogen-bond acceptors (Lipinski definition) is 5. The molecule has 1 fully saturated rings. The predicted molar refractivity (Wildman–Crippen MR) is 151 cm³/mol. The van der Waals surface area contributed by atoms with Crippen LogP contribution >= 0.6 is 0 Å². The largest absolute Gasteiger partial charge is 0.507 e. The Morgan fingerprint density at radius 3 is 2.64 bits per heavy atom. The Morgan fingerprint density at radius 2 is 1.85 bits per heavy atom. The summed E-state index contributed by atoms with van der Waals surface area (Å²) in [6.45, 7) is 5.08. The van der Waals surface area contributed by atoms with Gasteiger partial charge in [0.1, 0.15) is 23.4 Å². The summed E-state index contributed by atoms with van der Waals surface area (Å²) in [5.74, 6) is 0.0137. The Kier molecular flexibility index (Phi) is 8.01. The number of ketones is 1. The van der Waals surface area contributed by atoms with E-state index in [2.05, 4.69) is 6.92 Å². The number of aliphatic hydroxyl groups excluding tert-OH is 1. The molecule has 0 saturated carbocycles. The molecular formula is C33H35NO5. The van der Waals surface area contributed by atoms with Crippen LogP contribution in [0.4, 0.5) is 0 Å². The standard InChI is InChI=1S/C33H35NO5/c1-3-4-8-18-38-27-13-9-12-24(21-27)30-29(31(35)25-14-15-28-26(20-25)19-22(2)39-28)32(36)33(37)34(30)17-16-23-10-6-5-7-11-23/h5-7,9-15,20-22,30,35H,3-4,8,16-19H2,1-2H3. The zero-order valence-electron chi connectivity index (χ0n) is 22.6. The summed E-state index contributed by atoms with van der Waals surface area (Å²) in [7, 11) is 0. The molecule has 39 heavy (non-hydrogen) atoms. The van der Waals surface area contributed by atoms with Crippen molar-refractivity contribution in [3.63, 3.8) is 0 Å². The van der Waals surface area contributed by atoms with Gasteiger partial charge in [-0.25, -0.2) is 0 Å².